The number of anilines is 1. The molecule has 88 valence electrons. The number of rotatable bonds is 3. The van der Waals surface area contributed by atoms with Gasteiger partial charge in [-0.25, -0.2) is 0 Å². The number of nitrogen functional groups attached to an aromatic ring is 1. The molecule has 1 atom stereocenters. The Balaban J connectivity index is 1.90. The number of thioether (sulfide) groups is 1. The van der Waals surface area contributed by atoms with E-state index in [1.807, 2.05) is 17.8 Å². The zero-order valence-corrected chi connectivity index (χ0v) is 10.6. The van der Waals surface area contributed by atoms with Crippen molar-refractivity contribution in [3.05, 3.63) is 23.8 Å². The molecule has 16 heavy (non-hydrogen) atoms. The molecule has 1 aromatic rings. The van der Waals surface area contributed by atoms with Gasteiger partial charge in [0.2, 0.25) is 0 Å². The second-order valence-corrected chi connectivity index (χ2v) is 5.63. The summed E-state index contributed by atoms with van der Waals surface area (Å²) in [5, 5.41) is 3.45. The fourth-order valence-electron chi connectivity index (χ4n) is 2.04. The number of nitrogens with two attached hydrogens (primary N) is 1. The van der Waals surface area contributed by atoms with Gasteiger partial charge in [0, 0.05) is 16.3 Å². The summed E-state index contributed by atoms with van der Waals surface area (Å²) in [5.74, 6) is 1.99. The molecular formula is C13H20N2S. The Morgan fingerprint density at radius 2 is 2.38 bits per heavy atom. The van der Waals surface area contributed by atoms with Gasteiger partial charge in [-0.3, -0.25) is 0 Å². The van der Waals surface area contributed by atoms with Crippen molar-refractivity contribution in [2.45, 2.75) is 24.7 Å². The van der Waals surface area contributed by atoms with Crippen LogP contribution in [0.4, 0.5) is 5.69 Å². The van der Waals surface area contributed by atoms with E-state index >= 15 is 0 Å². The average Bonchev–Trinajstić information content (AvgIpc) is 2.32. The predicted octanol–water partition coefficient (Wildman–Crippen LogP) is 2.67. The predicted molar refractivity (Wildman–Crippen MR) is 71.9 cm³/mol. The van der Waals surface area contributed by atoms with Gasteiger partial charge in [-0.2, -0.15) is 0 Å². The Labute approximate surface area is 102 Å². The number of benzene rings is 1. The van der Waals surface area contributed by atoms with Crippen molar-refractivity contribution < 1.29 is 0 Å². The normalized spacial score (nSPS) is 20.9. The van der Waals surface area contributed by atoms with Crippen molar-refractivity contribution in [1.82, 2.24) is 5.32 Å². The maximum absolute atomic E-state index is 5.97. The van der Waals surface area contributed by atoms with Gasteiger partial charge >= 0.3 is 0 Å². The summed E-state index contributed by atoms with van der Waals surface area (Å²) in [6.45, 7) is 4.47. The van der Waals surface area contributed by atoms with Crippen molar-refractivity contribution in [2.24, 2.45) is 5.92 Å². The van der Waals surface area contributed by atoms with Crippen LogP contribution in [0.25, 0.3) is 0 Å². The van der Waals surface area contributed by atoms with Gasteiger partial charge in [-0.05, 0) is 56.5 Å². The Kier molecular flexibility index (Phi) is 4.13. The van der Waals surface area contributed by atoms with Crippen molar-refractivity contribution in [2.75, 3.05) is 24.6 Å². The first-order chi connectivity index (χ1) is 7.75. The smallest absolute Gasteiger partial charge is 0.0452 e. The second-order valence-electron chi connectivity index (χ2n) is 4.56. The lowest BCUT2D eigenvalue weighted by Crippen LogP contribution is -2.30. The van der Waals surface area contributed by atoms with Crippen LogP contribution in [0, 0.1) is 12.8 Å². The zero-order chi connectivity index (χ0) is 11.4. The summed E-state index contributed by atoms with van der Waals surface area (Å²) in [5.41, 5.74) is 8.17. The number of hydrogen-bond donors (Lipinski definition) is 2. The largest absolute Gasteiger partial charge is 0.398 e. The van der Waals surface area contributed by atoms with Crippen molar-refractivity contribution in [3.8, 4) is 0 Å². The number of aryl methyl sites for hydroxylation is 1. The molecule has 1 heterocycles. The van der Waals surface area contributed by atoms with Crippen molar-refractivity contribution in [1.29, 1.82) is 0 Å². The van der Waals surface area contributed by atoms with E-state index in [0.29, 0.717) is 0 Å². The third kappa shape index (κ3) is 3.16. The lowest BCUT2D eigenvalue weighted by molar-refractivity contribution is 0.410. The average molecular weight is 236 g/mol. The standard InChI is InChI=1S/C13H20N2S/c1-10-4-5-12(14)13(7-10)16-9-11-3-2-6-15-8-11/h4-5,7,11,15H,2-3,6,8-9,14H2,1H3. The molecule has 1 fully saturated rings. The second kappa shape index (κ2) is 5.60. The van der Waals surface area contributed by atoms with Gasteiger partial charge in [-0.1, -0.05) is 6.07 Å². The molecule has 0 amide bonds. The summed E-state index contributed by atoms with van der Waals surface area (Å²) in [6, 6.07) is 6.27. The van der Waals surface area contributed by atoms with E-state index < -0.39 is 0 Å². The number of piperidine rings is 1. The van der Waals surface area contributed by atoms with Crippen LogP contribution in [0.3, 0.4) is 0 Å². The molecule has 0 saturated carbocycles. The van der Waals surface area contributed by atoms with Crippen LogP contribution in [-0.4, -0.2) is 18.8 Å². The Morgan fingerprint density at radius 1 is 1.50 bits per heavy atom. The number of hydrogen-bond acceptors (Lipinski definition) is 3. The van der Waals surface area contributed by atoms with Crippen LogP contribution < -0.4 is 11.1 Å². The lowest BCUT2D eigenvalue weighted by atomic mass is 10.0. The van der Waals surface area contributed by atoms with E-state index in [1.54, 1.807) is 0 Å². The molecule has 2 nitrogen and oxygen atoms in total. The first-order valence-corrected chi connectivity index (χ1v) is 6.94. The van der Waals surface area contributed by atoms with E-state index in [4.69, 9.17) is 5.73 Å². The van der Waals surface area contributed by atoms with E-state index in [0.717, 1.165) is 11.6 Å². The minimum Gasteiger partial charge on any atom is -0.398 e. The minimum absolute atomic E-state index is 0.804. The van der Waals surface area contributed by atoms with Gasteiger partial charge in [0.05, 0.1) is 0 Å². The SMILES string of the molecule is Cc1ccc(N)c(SCC2CCCNC2)c1. The molecule has 1 saturated heterocycles. The molecule has 2 rings (SSSR count). The van der Waals surface area contributed by atoms with Crippen molar-refractivity contribution in [3.63, 3.8) is 0 Å². The fraction of sp³-hybridized carbons (Fsp3) is 0.538. The van der Waals surface area contributed by atoms with Gasteiger partial charge < -0.3 is 11.1 Å². The Bertz CT molecular complexity index is 346. The fourth-order valence-corrected chi connectivity index (χ4v) is 3.24. The third-order valence-electron chi connectivity index (χ3n) is 3.04. The quantitative estimate of drug-likeness (QED) is 0.626. The van der Waals surface area contributed by atoms with E-state index in [1.165, 1.54) is 42.1 Å². The maximum atomic E-state index is 5.97. The highest BCUT2D eigenvalue weighted by atomic mass is 32.2. The van der Waals surface area contributed by atoms with Crippen molar-refractivity contribution >= 4 is 17.4 Å². The molecule has 0 aliphatic carbocycles. The Morgan fingerprint density at radius 3 is 3.12 bits per heavy atom. The molecule has 0 radical (unpaired) electrons. The number of nitrogens with one attached hydrogen (secondary N) is 1. The molecule has 3 N–H and O–H groups in total. The van der Waals surface area contributed by atoms with Crippen LogP contribution in [0.1, 0.15) is 18.4 Å². The van der Waals surface area contributed by atoms with Crippen LogP contribution in [0.5, 0.6) is 0 Å². The summed E-state index contributed by atoms with van der Waals surface area (Å²) in [4.78, 5) is 1.24. The molecular weight excluding hydrogens is 216 g/mol. The van der Waals surface area contributed by atoms with Crippen LogP contribution in [0.15, 0.2) is 23.1 Å². The summed E-state index contributed by atoms with van der Waals surface area (Å²) in [6.07, 6.45) is 2.67. The van der Waals surface area contributed by atoms with Gasteiger partial charge in [-0.15, -0.1) is 11.8 Å². The highest BCUT2D eigenvalue weighted by molar-refractivity contribution is 7.99. The van der Waals surface area contributed by atoms with Gasteiger partial charge in [0.15, 0.2) is 0 Å². The van der Waals surface area contributed by atoms with Crippen LogP contribution in [-0.2, 0) is 0 Å². The van der Waals surface area contributed by atoms with Crippen LogP contribution >= 0.6 is 11.8 Å². The molecule has 1 aliphatic heterocycles. The highest BCUT2D eigenvalue weighted by Gasteiger charge is 2.13. The molecule has 0 spiro atoms. The molecule has 0 bridgehead atoms. The molecule has 1 aromatic carbocycles. The lowest BCUT2D eigenvalue weighted by Gasteiger charge is -2.22. The first kappa shape index (κ1) is 11.8. The monoisotopic (exact) mass is 236 g/mol. The topological polar surface area (TPSA) is 38.0 Å². The summed E-state index contributed by atoms with van der Waals surface area (Å²) in [7, 11) is 0. The summed E-state index contributed by atoms with van der Waals surface area (Å²) >= 11 is 1.90. The van der Waals surface area contributed by atoms with E-state index in [2.05, 4.69) is 24.4 Å². The minimum atomic E-state index is 0.804. The van der Waals surface area contributed by atoms with Crippen LogP contribution in [0.2, 0.25) is 0 Å². The van der Waals surface area contributed by atoms with E-state index in [9.17, 15) is 0 Å². The molecule has 1 unspecified atom stereocenters. The summed E-state index contributed by atoms with van der Waals surface area (Å²) < 4.78 is 0. The van der Waals surface area contributed by atoms with E-state index in [-0.39, 0.29) is 0 Å². The van der Waals surface area contributed by atoms with Gasteiger partial charge in [0.1, 0.15) is 0 Å². The Hall–Kier alpha value is -0.670. The zero-order valence-electron chi connectivity index (χ0n) is 9.83. The maximum Gasteiger partial charge on any atom is 0.0452 e. The molecule has 0 aromatic heterocycles. The first-order valence-electron chi connectivity index (χ1n) is 5.95. The highest BCUT2D eigenvalue weighted by Crippen LogP contribution is 2.29. The third-order valence-corrected chi connectivity index (χ3v) is 4.35. The molecule has 3 heteroatoms. The van der Waals surface area contributed by atoms with Gasteiger partial charge in [0.25, 0.3) is 0 Å². The molecule has 1 aliphatic rings.